The Kier molecular flexibility index (Phi) is 4.97. The van der Waals surface area contributed by atoms with E-state index in [-0.39, 0.29) is 5.41 Å². The van der Waals surface area contributed by atoms with Gasteiger partial charge in [-0.25, -0.2) is 0 Å². The summed E-state index contributed by atoms with van der Waals surface area (Å²) in [7, 11) is 2.17. The molecule has 0 amide bonds. The lowest BCUT2D eigenvalue weighted by molar-refractivity contribution is 0.218. The molecule has 0 aliphatic heterocycles. The van der Waals surface area contributed by atoms with Crippen molar-refractivity contribution in [2.24, 2.45) is 11.1 Å². The second-order valence-corrected chi connectivity index (χ2v) is 5.34. The Hall–Kier alpha value is -0.860. The first-order valence-electron chi connectivity index (χ1n) is 5.96. The zero-order valence-electron chi connectivity index (χ0n) is 10.7. The Morgan fingerprint density at radius 1 is 1.19 bits per heavy atom. The molecule has 0 radical (unpaired) electrons. The van der Waals surface area contributed by atoms with Crippen LogP contribution in [-0.4, -0.2) is 31.6 Å². The third-order valence-electron chi connectivity index (χ3n) is 2.88. The van der Waals surface area contributed by atoms with Gasteiger partial charge in [0, 0.05) is 13.1 Å². The molecule has 1 aromatic carbocycles. The maximum absolute atomic E-state index is 5.74. The van der Waals surface area contributed by atoms with Gasteiger partial charge in [-0.2, -0.15) is 0 Å². The fraction of sp³-hybridized carbons (Fsp3) is 0.571. The highest BCUT2D eigenvalue weighted by atomic mass is 15.1. The zero-order chi connectivity index (χ0) is 12.0. The largest absolute Gasteiger partial charge is 0.330 e. The van der Waals surface area contributed by atoms with Crippen LogP contribution in [0.4, 0.5) is 0 Å². The standard InChI is InChI=1S/C14H24N2/c1-14(2,11-15)12-16(3)10-9-13-7-5-4-6-8-13/h4-8H,9-12,15H2,1-3H3. The first-order chi connectivity index (χ1) is 7.53. The molecule has 2 N–H and O–H groups in total. The molecule has 2 nitrogen and oxygen atoms in total. The van der Waals surface area contributed by atoms with Gasteiger partial charge in [0.05, 0.1) is 0 Å². The molecule has 1 aromatic rings. The highest BCUT2D eigenvalue weighted by Crippen LogP contribution is 2.14. The summed E-state index contributed by atoms with van der Waals surface area (Å²) in [6.45, 7) is 7.31. The number of nitrogens with two attached hydrogens (primary N) is 1. The van der Waals surface area contributed by atoms with Crippen molar-refractivity contribution in [2.45, 2.75) is 20.3 Å². The van der Waals surface area contributed by atoms with E-state index in [2.05, 4.69) is 56.1 Å². The second kappa shape index (κ2) is 6.02. The van der Waals surface area contributed by atoms with Crippen LogP contribution in [0.2, 0.25) is 0 Å². The van der Waals surface area contributed by atoms with E-state index in [1.807, 2.05) is 0 Å². The van der Waals surface area contributed by atoms with Crippen molar-refractivity contribution in [1.29, 1.82) is 0 Å². The van der Waals surface area contributed by atoms with Crippen molar-refractivity contribution < 1.29 is 0 Å². The van der Waals surface area contributed by atoms with Gasteiger partial charge in [-0.1, -0.05) is 44.2 Å². The molecule has 16 heavy (non-hydrogen) atoms. The molecule has 2 heteroatoms. The predicted molar refractivity (Wildman–Crippen MR) is 70.5 cm³/mol. The van der Waals surface area contributed by atoms with Crippen LogP contribution in [0.15, 0.2) is 30.3 Å². The predicted octanol–water partition coefficient (Wildman–Crippen LogP) is 2.15. The molecule has 0 fully saturated rings. The molecule has 90 valence electrons. The quantitative estimate of drug-likeness (QED) is 0.796. The van der Waals surface area contributed by atoms with Crippen LogP contribution in [-0.2, 0) is 6.42 Å². The average Bonchev–Trinajstić information content (AvgIpc) is 2.27. The van der Waals surface area contributed by atoms with E-state index >= 15 is 0 Å². The monoisotopic (exact) mass is 220 g/mol. The first kappa shape index (κ1) is 13.2. The Morgan fingerprint density at radius 2 is 1.81 bits per heavy atom. The van der Waals surface area contributed by atoms with E-state index < -0.39 is 0 Å². The third-order valence-corrected chi connectivity index (χ3v) is 2.88. The van der Waals surface area contributed by atoms with Crippen LogP contribution in [0, 0.1) is 5.41 Å². The first-order valence-corrected chi connectivity index (χ1v) is 5.96. The van der Waals surface area contributed by atoms with Crippen molar-refractivity contribution in [3.8, 4) is 0 Å². The highest BCUT2D eigenvalue weighted by molar-refractivity contribution is 5.14. The lowest BCUT2D eigenvalue weighted by atomic mass is 9.93. The number of benzene rings is 1. The highest BCUT2D eigenvalue weighted by Gasteiger charge is 2.17. The summed E-state index contributed by atoms with van der Waals surface area (Å²) >= 11 is 0. The van der Waals surface area contributed by atoms with Gasteiger partial charge >= 0.3 is 0 Å². The van der Waals surface area contributed by atoms with Gasteiger partial charge in [0.25, 0.3) is 0 Å². The number of likely N-dealkylation sites (N-methyl/N-ethyl adjacent to an activating group) is 1. The van der Waals surface area contributed by atoms with Crippen LogP contribution < -0.4 is 5.73 Å². The molecule has 0 bridgehead atoms. The molecule has 0 atom stereocenters. The van der Waals surface area contributed by atoms with Gasteiger partial charge in [0.1, 0.15) is 0 Å². The lowest BCUT2D eigenvalue weighted by Gasteiger charge is -2.28. The summed E-state index contributed by atoms with van der Waals surface area (Å²) in [5.74, 6) is 0. The van der Waals surface area contributed by atoms with Crippen LogP contribution in [0.3, 0.4) is 0 Å². The fourth-order valence-corrected chi connectivity index (χ4v) is 1.84. The molecular weight excluding hydrogens is 196 g/mol. The van der Waals surface area contributed by atoms with E-state index in [0.29, 0.717) is 0 Å². The van der Waals surface area contributed by atoms with Crippen molar-refractivity contribution in [2.75, 3.05) is 26.7 Å². The molecule has 0 saturated carbocycles. The van der Waals surface area contributed by atoms with E-state index in [0.717, 1.165) is 26.1 Å². The molecule has 0 saturated heterocycles. The van der Waals surface area contributed by atoms with Crippen molar-refractivity contribution in [1.82, 2.24) is 4.90 Å². The van der Waals surface area contributed by atoms with Gasteiger partial charge in [0.2, 0.25) is 0 Å². The number of hydrogen-bond donors (Lipinski definition) is 1. The lowest BCUT2D eigenvalue weighted by Crippen LogP contribution is -2.37. The summed E-state index contributed by atoms with van der Waals surface area (Å²) in [6, 6.07) is 10.6. The van der Waals surface area contributed by atoms with Crippen LogP contribution in [0.1, 0.15) is 19.4 Å². The van der Waals surface area contributed by atoms with Crippen molar-refractivity contribution in [3.05, 3.63) is 35.9 Å². The molecule has 0 unspecified atom stereocenters. The Labute approximate surface area is 99.5 Å². The van der Waals surface area contributed by atoms with E-state index in [4.69, 9.17) is 5.73 Å². The smallest absolute Gasteiger partial charge is 0.00418 e. The maximum Gasteiger partial charge on any atom is 0.00418 e. The van der Waals surface area contributed by atoms with Crippen LogP contribution >= 0.6 is 0 Å². The topological polar surface area (TPSA) is 29.3 Å². The number of hydrogen-bond acceptors (Lipinski definition) is 2. The fourth-order valence-electron chi connectivity index (χ4n) is 1.84. The Balaban J connectivity index is 2.33. The average molecular weight is 220 g/mol. The zero-order valence-corrected chi connectivity index (χ0v) is 10.7. The van der Waals surface area contributed by atoms with Gasteiger partial charge in [-0.15, -0.1) is 0 Å². The Bertz CT molecular complexity index is 293. The van der Waals surface area contributed by atoms with Crippen molar-refractivity contribution in [3.63, 3.8) is 0 Å². The van der Waals surface area contributed by atoms with Gasteiger partial charge < -0.3 is 10.6 Å². The van der Waals surface area contributed by atoms with E-state index in [9.17, 15) is 0 Å². The molecule has 0 aromatic heterocycles. The Morgan fingerprint density at radius 3 is 2.38 bits per heavy atom. The molecule has 0 spiro atoms. The van der Waals surface area contributed by atoms with Gasteiger partial charge in [-0.05, 0) is 31.0 Å². The van der Waals surface area contributed by atoms with E-state index in [1.54, 1.807) is 0 Å². The number of rotatable bonds is 6. The summed E-state index contributed by atoms with van der Waals surface area (Å²) in [6.07, 6.45) is 1.11. The van der Waals surface area contributed by atoms with Crippen LogP contribution in [0.25, 0.3) is 0 Å². The molecular formula is C14H24N2. The van der Waals surface area contributed by atoms with Crippen LogP contribution in [0.5, 0.6) is 0 Å². The molecule has 0 aliphatic rings. The van der Waals surface area contributed by atoms with Gasteiger partial charge in [0.15, 0.2) is 0 Å². The maximum atomic E-state index is 5.74. The van der Waals surface area contributed by atoms with Crippen molar-refractivity contribution >= 4 is 0 Å². The minimum absolute atomic E-state index is 0.214. The second-order valence-electron chi connectivity index (χ2n) is 5.34. The third kappa shape index (κ3) is 4.77. The summed E-state index contributed by atoms with van der Waals surface area (Å²) < 4.78 is 0. The summed E-state index contributed by atoms with van der Waals surface area (Å²) in [5, 5.41) is 0. The van der Waals surface area contributed by atoms with Gasteiger partial charge in [-0.3, -0.25) is 0 Å². The molecule has 1 rings (SSSR count). The SMILES string of the molecule is CN(CCc1ccccc1)CC(C)(C)CN. The minimum Gasteiger partial charge on any atom is -0.330 e. The number of nitrogens with zero attached hydrogens (tertiary/aromatic N) is 1. The summed E-state index contributed by atoms with van der Waals surface area (Å²) in [5.41, 5.74) is 7.35. The van der Waals surface area contributed by atoms with E-state index in [1.165, 1.54) is 5.56 Å². The summed E-state index contributed by atoms with van der Waals surface area (Å²) in [4.78, 5) is 2.36. The normalized spacial score (nSPS) is 12.1. The minimum atomic E-state index is 0.214. The molecule has 0 aliphatic carbocycles. The molecule has 0 heterocycles.